The number of rotatable bonds is 3. The number of aromatic nitrogens is 1. The molecule has 0 bridgehead atoms. The Hall–Kier alpha value is -2.75. The third-order valence-electron chi connectivity index (χ3n) is 6.20. The largest absolute Gasteiger partial charge is 0.368 e. The number of nitrogens with one attached hydrogen (secondary N) is 1. The van der Waals surface area contributed by atoms with Crippen LogP contribution in [0, 0.1) is 6.92 Å². The Kier molecular flexibility index (Phi) is 3.74. The van der Waals surface area contributed by atoms with E-state index >= 15 is 0 Å². The van der Waals surface area contributed by atoms with E-state index < -0.39 is 0 Å². The topological polar surface area (TPSA) is 39.3 Å². The van der Waals surface area contributed by atoms with E-state index in [4.69, 9.17) is 0 Å². The Balaban J connectivity index is 1.33. The number of fused-ring (bicyclic) bond motifs is 1. The van der Waals surface area contributed by atoms with E-state index in [1.54, 1.807) is 0 Å². The lowest BCUT2D eigenvalue weighted by molar-refractivity contribution is -0.134. The number of aryl methyl sites for hydroxylation is 1. The standard InChI is InChI=1S/C23H25N3O/c1-17-5-4-6-18(15-17)25-11-13-26(14-12-25)22(27)23(9-10-23)20-16-24-21-8-3-2-7-19(20)21/h2-8,15-16,24H,9-14H2,1H3. The number of carbonyl (C=O) groups excluding carboxylic acids is 1. The van der Waals surface area contributed by atoms with Crippen molar-refractivity contribution in [3.05, 3.63) is 65.9 Å². The summed E-state index contributed by atoms with van der Waals surface area (Å²) in [5, 5.41) is 1.20. The van der Waals surface area contributed by atoms with Gasteiger partial charge < -0.3 is 14.8 Å². The molecule has 1 amide bonds. The number of anilines is 1. The molecule has 138 valence electrons. The lowest BCUT2D eigenvalue weighted by Gasteiger charge is -2.38. The van der Waals surface area contributed by atoms with Crippen LogP contribution in [0.3, 0.4) is 0 Å². The van der Waals surface area contributed by atoms with Crippen molar-refractivity contribution in [3.63, 3.8) is 0 Å². The second kappa shape index (κ2) is 6.15. The molecule has 4 heteroatoms. The molecule has 1 aromatic heterocycles. The van der Waals surface area contributed by atoms with Crippen molar-refractivity contribution >= 4 is 22.5 Å². The van der Waals surface area contributed by atoms with Crippen molar-refractivity contribution in [2.45, 2.75) is 25.2 Å². The molecule has 3 aromatic rings. The normalized spacial score (nSPS) is 18.7. The van der Waals surface area contributed by atoms with E-state index in [0.717, 1.165) is 44.5 Å². The number of aromatic amines is 1. The van der Waals surface area contributed by atoms with Crippen molar-refractivity contribution in [1.82, 2.24) is 9.88 Å². The Labute approximate surface area is 159 Å². The molecule has 4 nitrogen and oxygen atoms in total. The fourth-order valence-electron chi connectivity index (χ4n) is 4.49. The zero-order valence-corrected chi connectivity index (χ0v) is 15.7. The van der Waals surface area contributed by atoms with Crippen LogP contribution in [-0.4, -0.2) is 42.0 Å². The maximum Gasteiger partial charge on any atom is 0.233 e. The van der Waals surface area contributed by atoms with Crippen LogP contribution >= 0.6 is 0 Å². The van der Waals surface area contributed by atoms with Crippen LogP contribution in [0.2, 0.25) is 0 Å². The molecule has 1 N–H and O–H groups in total. The van der Waals surface area contributed by atoms with Gasteiger partial charge in [0.05, 0.1) is 5.41 Å². The van der Waals surface area contributed by atoms with Gasteiger partial charge in [0.1, 0.15) is 0 Å². The average molecular weight is 359 g/mol. The highest BCUT2D eigenvalue weighted by Gasteiger charge is 2.54. The molecule has 2 heterocycles. The molecule has 0 unspecified atom stereocenters. The van der Waals surface area contributed by atoms with Crippen LogP contribution in [0.5, 0.6) is 0 Å². The fraction of sp³-hybridized carbons (Fsp3) is 0.348. The monoisotopic (exact) mass is 359 g/mol. The van der Waals surface area contributed by atoms with E-state index in [1.165, 1.54) is 22.2 Å². The molecule has 2 aromatic carbocycles. The summed E-state index contributed by atoms with van der Waals surface area (Å²) in [5.41, 5.74) is 4.55. The van der Waals surface area contributed by atoms with Gasteiger partial charge in [-0.05, 0) is 49.1 Å². The molecule has 0 radical (unpaired) electrons. The molecular weight excluding hydrogens is 334 g/mol. The minimum atomic E-state index is -0.300. The maximum absolute atomic E-state index is 13.4. The zero-order valence-electron chi connectivity index (χ0n) is 15.7. The van der Waals surface area contributed by atoms with Crippen molar-refractivity contribution < 1.29 is 4.79 Å². The van der Waals surface area contributed by atoms with Crippen LogP contribution in [0.1, 0.15) is 24.0 Å². The number of para-hydroxylation sites is 1. The summed E-state index contributed by atoms with van der Waals surface area (Å²) in [6, 6.07) is 16.9. The van der Waals surface area contributed by atoms with Gasteiger partial charge in [0.15, 0.2) is 0 Å². The summed E-state index contributed by atoms with van der Waals surface area (Å²) in [7, 11) is 0. The first kappa shape index (κ1) is 16.4. The van der Waals surface area contributed by atoms with Crippen LogP contribution in [0.25, 0.3) is 10.9 Å². The molecular formula is C23H25N3O. The Morgan fingerprint density at radius 2 is 1.78 bits per heavy atom. The molecule has 1 aliphatic heterocycles. The highest BCUT2D eigenvalue weighted by atomic mass is 16.2. The Morgan fingerprint density at radius 1 is 1.00 bits per heavy atom. The predicted octanol–water partition coefficient (Wildman–Crippen LogP) is 3.86. The molecule has 2 aliphatic rings. The molecule has 1 saturated carbocycles. The number of carbonyl (C=O) groups is 1. The van der Waals surface area contributed by atoms with E-state index in [9.17, 15) is 4.79 Å². The van der Waals surface area contributed by atoms with Gasteiger partial charge >= 0.3 is 0 Å². The summed E-state index contributed by atoms with van der Waals surface area (Å²) in [4.78, 5) is 21.2. The van der Waals surface area contributed by atoms with Gasteiger partial charge in [-0.25, -0.2) is 0 Å². The van der Waals surface area contributed by atoms with Crippen LogP contribution in [-0.2, 0) is 10.2 Å². The smallest absolute Gasteiger partial charge is 0.233 e. The number of H-pyrrole nitrogens is 1. The summed E-state index contributed by atoms with van der Waals surface area (Å²) in [5.74, 6) is 0.316. The summed E-state index contributed by atoms with van der Waals surface area (Å²) >= 11 is 0. The number of amides is 1. The van der Waals surface area contributed by atoms with Gasteiger partial charge in [-0.15, -0.1) is 0 Å². The Bertz CT molecular complexity index is 994. The van der Waals surface area contributed by atoms with Gasteiger partial charge in [-0.3, -0.25) is 4.79 Å². The van der Waals surface area contributed by atoms with Gasteiger partial charge in [0.2, 0.25) is 5.91 Å². The molecule has 1 saturated heterocycles. The molecule has 0 atom stereocenters. The molecule has 2 fully saturated rings. The van der Waals surface area contributed by atoms with E-state index in [-0.39, 0.29) is 5.41 Å². The molecule has 0 spiro atoms. The lowest BCUT2D eigenvalue weighted by atomic mass is 9.93. The second-order valence-corrected chi connectivity index (χ2v) is 7.95. The molecule has 27 heavy (non-hydrogen) atoms. The molecule has 1 aliphatic carbocycles. The predicted molar refractivity (Wildman–Crippen MR) is 109 cm³/mol. The summed E-state index contributed by atoms with van der Waals surface area (Å²) in [6.45, 7) is 5.54. The molecule has 5 rings (SSSR count). The van der Waals surface area contributed by atoms with Crippen LogP contribution in [0.15, 0.2) is 54.7 Å². The first-order valence-electron chi connectivity index (χ1n) is 9.85. The van der Waals surface area contributed by atoms with Crippen LogP contribution in [0.4, 0.5) is 5.69 Å². The van der Waals surface area contributed by atoms with E-state index in [2.05, 4.69) is 70.4 Å². The van der Waals surface area contributed by atoms with Crippen molar-refractivity contribution in [3.8, 4) is 0 Å². The van der Waals surface area contributed by atoms with E-state index in [0.29, 0.717) is 5.91 Å². The first-order valence-corrected chi connectivity index (χ1v) is 9.85. The van der Waals surface area contributed by atoms with Crippen molar-refractivity contribution in [2.24, 2.45) is 0 Å². The summed E-state index contributed by atoms with van der Waals surface area (Å²) < 4.78 is 0. The van der Waals surface area contributed by atoms with Gasteiger partial charge in [-0.1, -0.05) is 30.3 Å². The van der Waals surface area contributed by atoms with E-state index in [1.807, 2.05) is 6.07 Å². The van der Waals surface area contributed by atoms with Crippen molar-refractivity contribution in [1.29, 1.82) is 0 Å². The number of piperazine rings is 1. The number of benzene rings is 2. The highest BCUT2D eigenvalue weighted by Crippen LogP contribution is 2.51. The minimum absolute atomic E-state index is 0.300. The fourth-order valence-corrected chi connectivity index (χ4v) is 4.49. The second-order valence-electron chi connectivity index (χ2n) is 7.95. The maximum atomic E-state index is 13.4. The SMILES string of the molecule is Cc1cccc(N2CCN(C(=O)C3(c4c[nH]c5ccccc45)CC3)CC2)c1. The van der Waals surface area contributed by atoms with Gasteiger partial charge in [0.25, 0.3) is 0 Å². The first-order chi connectivity index (χ1) is 13.2. The Morgan fingerprint density at radius 3 is 2.52 bits per heavy atom. The van der Waals surface area contributed by atoms with Gasteiger partial charge in [0, 0.05) is 49.0 Å². The van der Waals surface area contributed by atoms with Gasteiger partial charge in [-0.2, -0.15) is 0 Å². The van der Waals surface area contributed by atoms with Crippen molar-refractivity contribution in [2.75, 3.05) is 31.1 Å². The third-order valence-corrected chi connectivity index (χ3v) is 6.20. The minimum Gasteiger partial charge on any atom is -0.368 e. The van der Waals surface area contributed by atoms with Crippen LogP contribution < -0.4 is 4.90 Å². The number of hydrogen-bond acceptors (Lipinski definition) is 2. The lowest BCUT2D eigenvalue weighted by Crippen LogP contribution is -2.51. The summed E-state index contributed by atoms with van der Waals surface area (Å²) in [6.07, 6.45) is 3.98. The quantitative estimate of drug-likeness (QED) is 0.771. The number of hydrogen-bond donors (Lipinski definition) is 1. The zero-order chi connectivity index (χ0) is 18.4. The highest BCUT2D eigenvalue weighted by molar-refractivity contribution is 5.97. The average Bonchev–Trinajstić information content (AvgIpc) is 3.40. The third kappa shape index (κ3) is 2.71. The number of nitrogens with zero attached hydrogens (tertiary/aromatic N) is 2.